The van der Waals surface area contributed by atoms with Gasteiger partial charge in [-0.05, 0) is 23.3 Å². The van der Waals surface area contributed by atoms with Crippen LogP contribution in [0.15, 0.2) is 54.6 Å². The van der Waals surface area contributed by atoms with E-state index in [1.165, 1.54) is 24.3 Å². The van der Waals surface area contributed by atoms with Crippen LogP contribution >= 0.6 is 0 Å². The van der Waals surface area contributed by atoms with Gasteiger partial charge in [0.05, 0.1) is 0 Å². The number of piperazine rings is 1. The van der Waals surface area contributed by atoms with Crippen LogP contribution in [-0.2, 0) is 22.4 Å². The van der Waals surface area contributed by atoms with Gasteiger partial charge >= 0.3 is 6.18 Å². The molecule has 1 aliphatic rings. The maximum absolute atomic E-state index is 13.1. The normalized spacial score (nSPS) is 20.2. The number of phenolic OH excluding ortho intramolecular Hbond substituents is 1. The smallest absolute Gasteiger partial charge is 0.406 e. The molecular formula is C20H19F3N2O3. The summed E-state index contributed by atoms with van der Waals surface area (Å²) in [6.45, 7) is -1.49. The van der Waals surface area contributed by atoms with Crippen LogP contribution in [0.3, 0.4) is 0 Å². The highest BCUT2D eigenvalue weighted by atomic mass is 19.4. The van der Waals surface area contributed by atoms with Crippen molar-refractivity contribution in [2.24, 2.45) is 0 Å². The standard InChI is InChI=1S/C20H19F3N2O3/c21-20(22,23)12-25-17(11-14-6-8-15(26)9-7-14)18(27)24-16(19(25)28)10-13-4-2-1-3-5-13/h1-9,16-17,26H,10-12H2,(H,24,27)/t16-,17-/m0/s1. The van der Waals surface area contributed by atoms with E-state index in [0.717, 1.165) is 5.56 Å². The third-order valence-corrected chi connectivity index (χ3v) is 4.57. The summed E-state index contributed by atoms with van der Waals surface area (Å²) in [6.07, 6.45) is -4.59. The van der Waals surface area contributed by atoms with E-state index in [9.17, 15) is 27.9 Å². The Balaban J connectivity index is 1.84. The lowest BCUT2D eigenvalue weighted by Crippen LogP contribution is -2.65. The van der Waals surface area contributed by atoms with Gasteiger partial charge in [-0.2, -0.15) is 13.2 Å². The number of hydrogen-bond donors (Lipinski definition) is 2. The molecule has 1 aliphatic heterocycles. The molecule has 8 heteroatoms. The van der Waals surface area contributed by atoms with Crippen LogP contribution in [0, 0.1) is 0 Å². The van der Waals surface area contributed by atoms with Crippen LogP contribution in [0.1, 0.15) is 11.1 Å². The lowest BCUT2D eigenvalue weighted by atomic mass is 9.96. The van der Waals surface area contributed by atoms with Crippen molar-refractivity contribution in [3.63, 3.8) is 0 Å². The minimum absolute atomic E-state index is 0.00277. The monoisotopic (exact) mass is 392 g/mol. The summed E-state index contributed by atoms with van der Waals surface area (Å²) < 4.78 is 39.3. The lowest BCUT2D eigenvalue weighted by Gasteiger charge is -2.39. The third-order valence-electron chi connectivity index (χ3n) is 4.57. The Morgan fingerprint density at radius 1 is 0.929 bits per heavy atom. The van der Waals surface area contributed by atoms with E-state index in [4.69, 9.17) is 0 Å². The first kappa shape index (κ1) is 19.7. The number of carbonyl (C=O) groups is 2. The van der Waals surface area contributed by atoms with E-state index in [0.29, 0.717) is 10.5 Å². The van der Waals surface area contributed by atoms with Crippen LogP contribution in [0.25, 0.3) is 0 Å². The van der Waals surface area contributed by atoms with Crippen LogP contribution in [0.5, 0.6) is 5.75 Å². The van der Waals surface area contributed by atoms with Gasteiger partial charge in [0.15, 0.2) is 0 Å². The summed E-state index contributed by atoms with van der Waals surface area (Å²) >= 11 is 0. The fraction of sp³-hybridized carbons (Fsp3) is 0.300. The Morgan fingerprint density at radius 3 is 2.14 bits per heavy atom. The maximum Gasteiger partial charge on any atom is 0.406 e. The van der Waals surface area contributed by atoms with Crippen molar-refractivity contribution in [1.29, 1.82) is 0 Å². The highest BCUT2D eigenvalue weighted by molar-refractivity contribution is 5.97. The van der Waals surface area contributed by atoms with E-state index in [1.54, 1.807) is 30.3 Å². The van der Waals surface area contributed by atoms with Crippen molar-refractivity contribution in [3.8, 4) is 5.75 Å². The molecule has 148 valence electrons. The highest BCUT2D eigenvalue weighted by Crippen LogP contribution is 2.24. The first-order chi connectivity index (χ1) is 13.2. The number of nitrogens with zero attached hydrogens (tertiary/aromatic N) is 1. The number of benzene rings is 2. The number of hydrogen-bond acceptors (Lipinski definition) is 3. The minimum Gasteiger partial charge on any atom is -0.508 e. The third kappa shape index (κ3) is 4.82. The quantitative estimate of drug-likeness (QED) is 0.821. The van der Waals surface area contributed by atoms with Crippen molar-refractivity contribution in [1.82, 2.24) is 10.2 Å². The Hall–Kier alpha value is -3.03. The molecule has 2 N–H and O–H groups in total. The van der Waals surface area contributed by atoms with Gasteiger partial charge < -0.3 is 15.3 Å². The molecule has 0 aliphatic carbocycles. The number of halogens is 3. The fourth-order valence-corrected chi connectivity index (χ4v) is 3.25. The van der Waals surface area contributed by atoms with Gasteiger partial charge in [0.1, 0.15) is 24.4 Å². The first-order valence-electron chi connectivity index (χ1n) is 8.72. The van der Waals surface area contributed by atoms with Gasteiger partial charge in [-0.25, -0.2) is 0 Å². The summed E-state index contributed by atoms with van der Waals surface area (Å²) in [4.78, 5) is 26.0. The summed E-state index contributed by atoms with van der Waals surface area (Å²) in [5, 5.41) is 11.9. The molecule has 2 aromatic rings. The maximum atomic E-state index is 13.1. The van der Waals surface area contributed by atoms with E-state index >= 15 is 0 Å². The first-order valence-corrected chi connectivity index (χ1v) is 8.72. The summed E-state index contributed by atoms with van der Waals surface area (Å²) in [7, 11) is 0. The SMILES string of the molecule is O=C1N[C@@H](Cc2ccccc2)C(=O)N(CC(F)(F)F)[C@H]1Cc1ccc(O)cc1. The Morgan fingerprint density at radius 2 is 1.54 bits per heavy atom. The van der Waals surface area contributed by atoms with Gasteiger partial charge in [-0.3, -0.25) is 9.59 Å². The Kier molecular flexibility index (Phi) is 5.58. The fourth-order valence-electron chi connectivity index (χ4n) is 3.25. The van der Waals surface area contributed by atoms with E-state index in [-0.39, 0.29) is 18.6 Å². The number of aromatic hydroxyl groups is 1. The molecule has 0 unspecified atom stereocenters. The molecular weight excluding hydrogens is 373 g/mol. The Labute approximate surface area is 159 Å². The second-order valence-corrected chi connectivity index (χ2v) is 6.72. The summed E-state index contributed by atoms with van der Waals surface area (Å²) in [5.41, 5.74) is 1.28. The topological polar surface area (TPSA) is 69.6 Å². The molecule has 1 fully saturated rings. The van der Waals surface area contributed by atoms with E-state index < -0.39 is 36.6 Å². The molecule has 28 heavy (non-hydrogen) atoms. The van der Waals surface area contributed by atoms with Crippen LogP contribution in [0.4, 0.5) is 13.2 Å². The number of nitrogens with one attached hydrogen (secondary N) is 1. The zero-order valence-corrected chi connectivity index (χ0v) is 14.8. The largest absolute Gasteiger partial charge is 0.508 e. The molecule has 1 heterocycles. The van der Waals surface area contributed by atoms with Gasteiger partial charge in [0.2, 0.25) is 11.8 Å². The van der Waals surface area contributed by atoms with Gasteiger partial charge in [-0.1, -0.05) is 42.5 Å². The summed E-state index contributed by atoms with van der Waals surface area (Å²) in [6, 6.07) is 12.2. The zero-order valence-electron chi connectivity index (χ0n) is 14.8. The molecule has 2 amide bonds. The lowest BCUT2D eigenvalue weighted by molar-refractivity contribution is -0.173. The van der Waals surface area contributed by atoms with Crippen molar-refractivity contribution in [2.45, 2.75) is 31.1 Å². The number of amides is 2. The zero-order chi connectivity index (χ0) is 20.3. The molecule has 0 spiro atoms. The molecule has 2 atom stereocenters. The van der Waals surface area contributed by atoms with Crippen molar-refractivity contribution in [3.05, 3.63) is 65.7 Å². The summed E-state index contributed by atoms with van der Waals surface area (Å²) in [5.74, 6) is -1.38. The average molecular weight is 392 g/mol. The number of carbonyl (C=O) groups excluding carboxylic acids is 2. The van der Waals surface area contributed by atoms with E-state index in [1.807, 2.05) is 0 Å². The molecule has 0 bridgehead atoms. The van der Waals surface area contributed by atoms with Crippen LogP contribution in [0.2, 0.25) is 0 Å². The Bertz CT molecular complexity index is 838. The molecule has 3 rings (SSSR count). The predicted molar refractivity (Wildman–Crippen MR) is 95.4 cm³/mol. The molecule has 0 saturated carbocycles. The van der Waals surface area contributed by atoms with Gasteiger partial charge in [0, 0.05) is 12.8 Å². The van der Waals surface area contributed by atoms with Crippen molar-refractivity contribution in [2.75, 3.05) is 6.54 Å². The molecule has 2 aromatic carbocycles. The van der Waals surface area contributed by atoms with Crippen molar-refractivity contribution < 1.29 is 27.9 Å². The molecule has 0 aromatic heterocycles. The second kappa shape index (κ2) is 7.92. The van der Waals surface area contributed by atoms with E-state index in [2.05, 4.69) is 5.32 Å². The molecule has 5 nitrogen and oxygen atoms in total. The average Bonchev–Trinajstić information content (AvgIpc) is 2.64. The highest BCUT2D eigenvalue weighted by Gasteiger charge is 2.45. The van der Waals surface area contributed by atoms with Gasteiger partial charge in [-0.15, -0.1) is 0 Å². The minimum atomic E-state index is -4.63. The van der Waals surface area contributed by atoms with Gasteiger partial charge in [0.25, 0.3) is 0 Å². The van der Waals surface area contributed by atoms with Crippen molar-refractivity contribution >= 4 is 11.8 Å². The number of alkyl halides is 3. The van der Waals surface area contributed by atoms with Crippen LogP contribution in [-0.4, -0.2) is 46.6 Å². The predicted octanol–water partition coefficient (Wildman–Crippen LogP) is 2.44. The van der Waals surface area contributed by atoms with Crippen LogP contribution < -0.4 is 5.32 Å². The second-order valence-electron chi connectivity index (χ2n) is 6.72. The molecule has 1 saturated heterocycles. The number of rotatable bonds is 5. The number of phenols is 1. The molecule has 0 radical (unpaired) electrons.